The molecule has 0 radical (unpaired) electrons. The zero-order valence-electron chi connectivity index (χ0n) is 11.9. The summed E-state index contributed by atoms with van der Waals surface area (Å²) in [6.45, 7) is 6.34. The number of nitro groups is 1. The minimum Gasteiger partial charge on any atom is -0.386 e. The molecule has 1 unspecified atom stereocenters. The van der Waals surface area contributed by atoms with Crippen molar-refractivity contribution in [2.75, 3.05) is 25.1 Å². The topological polar surface area (TPSA) is 102 Å². The van der Waals surface area contributed by atoms with Crippen molar-refractivity contribution in [1.82, 2.24) is 9.78 Å². The van der Waals surface area contributed by atoms with E-state index in [9.17, 15) is 15.2 Å². The molecule has 0 amide bonds. The van der Waals surface area contributed by atoms with E-state index in [1.807, 2.05) is 13.8 Å². The number of ether oxygens (including phenoxy) is 1. The number of aromatic nitrogens is 2. The third-order valence-corrected chi connectivity index (χ3v) is 3.39. The number of anilines is 1. The van der Waals surface area contributed by atoms with Gasteiger partial charge in [-0.1, -0.05) is 0 Å². The summed E-state index contributed by atoms with van der Waals surface area (Å²) >= 11 is 0. The van der Waals surface area contributed by atoms with Crippen LogP contribution in [0.25, 0.3) is 0 Å². The van der Waals surface area contributed by atoms with Crippen LogP contribution in [0.1, 0.15) is 32.0 Å². The highest BCUT2D eigenvalue weighted by Crippen LogP contribution is 2.31. The van der Waals surface area contributed by atoms with Crippen molar-refractivity contribution in [2.45, 2.75) is 38.8 Å². The molecule has 0 bridgehead atoms. The first-order valence-electron chi connectivity index (χ1n) is 6.61. The van der Waals surface area contributed by atoms with Gasteiger partial charge in [0, 0.05) is 25.6 Å². The largest absolute Gasteiger partial charge is 0.386 e. The summed E-state index contributed by atoms with van der Waals surface area (Å²) in [7, 11) is 0. The van der Waals surface area contributed by atoms with Gasteiger partial charge in [0.15, 0.2) is 0 Å². The quantitative estimate of drug-likeness (QED) is 0.623. The molecule has 0 aliphatic carbocycles. The van der Waals surface area contributed by atoms with Crippen LogP contribution in [-0.4, -0.2) is 45.2 Å². The van der Waals surface area contributed by atoms with Crippen LogP contribution in [0.15, 0.2) is 0 Å². The van der Waals surface area contributed by atoms with Crippen molar-refractivity contribution in [3.05, 3.63) is 15.8 Å². The monoisotopic (exact) mass is 284 g/mol. The minimum absolute atomic E-state index is 0.0145. The maximum atomic E-state index is 11.2. The summed E-state index contributed by atoms with van der Waals surface area (Å²) in [6.07, 6.45) is 0.516. The molecule has 1 aromatic heterocycles. The lowest BCUT2D eigenvalue weighted by molar-refractivity contribution is -0.384. The molecular formula is C12H20N4O4. The number of aryl methyl sites for hydroxylation is 1. The van der Waals surface area contributed by atoms with Gasteiger partial charge in [0.05, 0.1) is 11.5 Å². The van der Waals surface area contributed by atoms with Crippen LogP contribution in [0, 0.1) is 17.0 Å². The van der Waals surface area contributed by atoms with E-state index in [0.717, 1.165) is 0 Å². The summed E-state index contributed by atoms with van der Waals surface area (Å²) in [6, 6.07) is -0.0145. The molecule has 1 aliphatic heterocycles. The Balaban J connectivity index is 2.26. The van der Waals surface area contributed by atoms with Crippen LogP contribution in [0.4, 0.5) is 11.5 Å². The van der Waals surface area contributed by atoms with Gasteiger partial charge in [-0.2, -0.15) is 5.10 Å². The fraction of sp³-hybridized carbons (Fsp3) is 0.750. The molecule has 1 aliphatic rings. The molecule has 0 saturated carbocycles. The fourth-order valence-corrected chi connectivity index (χ4v) is 2.28. The van der Waals surface area contributed by atoms with Crippen molar-refractivity contribution >= 4 is 11.5 Å². The molecule has 2 N–H and O–H groups in total. The molecule has 0 aromatic carbocycles. The molecule has 8 nitrogen and oxygen atoms in total. The Bertz CT molecular complexity index is 506. The van der Waals surface area contributed by atoms with E-state index in [-0.39, 0.29) is 24.9 Å². The molecule has 8 heteroatoms. The van der Waals surface area contributed by atoms with E-state index >= 15 is 0 Å². The van der Waals surface area contributed by atoms with E-state index in [2.05, 4.69) is 10.4 Å². The standard InChI is InChI=1S/C12H20N4O4/c1-8(2)15-11(10(16(18)19)9(3)14-15)13-6-12(17)4-5-20-7-12/h8,13,17H,4-7H2,1-3H3. The van der Waals surface area contributed by atoms with Crippen LogP contribution < -0.4 is 5.32 Å². The first kappa shape index (κ1) is 14.7. The van der Waals surface area contributed by atoms with Crippen molar-refractivity contribution in [3.63, 3.8) is 0 Å². The molecule has 2 heterocycles. The Morgan fingerprint density at radius 2 is 2.35 bits per heavy atom. The number of nitrogens with zero attached hydrogens (tertiary/aromatic N) is 3. The van der Waals surface area contributed by atoms with Crippen molar-refractivity contribution < 1.29 is 14.8 Å². The van der Waals surface area contributed by atoms with E-state index in [0.29, 0.717) is 24.5 Å². The molecule has 112 valence electrons. The Hall–Kier alpha value is -1.67. The number of hydrogen-bond acceptors (Lipinski definition) is 6. The molecule has 1 saturated heterocycles. The lowest BCUT2D eigenvalue weighted by Crippen LogP contribution is -2.37. The van der Waals surface area contributed by atoms with Crippen LogP contribution >= 0.6 is 0 Å². The second-order valence-corrected chi connectivity index (χ2v) is 5.46. The third kappa shape index (κ3) is 2.75. The number of nitrogens with one attached hydrogen (secondary N) is 1. The average Bonchev–Trinajstić information content (AvgIpc) is 2.91. The molecule has 1 atom stereocenters. The van der Waals surface area contributed by atoms with Crippen molar-refractivity contribution in [3.8, 4) is 0 Å². The summed E-state index contributed by atoms with van der Waals surface area (Å²) in [5.41, 5.74) is -0.657. The van der Waals surface area contributed by atoms with Gasteiger partial charge in [0.2, 0.25) is 5.82 Å². The van der Waals surface area contributed by atoms with Crippen LogP contribution in [0.3, 0.4) is 0 Å². The van der Waals surface area contributed by atoms with Crippen LogP contribution in [-0.2, 0) is 4.74 Å². The van der Waals surface area contributed by atoms with E-state index < -0.39 is 10.5 Å². The summed E-state index contributed by atoms with van der Waals surface area (Å²) in [5.74, 6) is 0.336. The summed E-state index contributed by atoms with van der Waals surface area (Å²) < 4.78 is 6.74. The van der Waals surface area contributed by atoms with E-state index in [1.54, 1.807) is 11.6 Å². The van der Waals surface area contributed by atoms with Crippen molar-refractivity contribution in [1.29, 1.82) is 0 Å². The summed E-state index contributed by atoms with van der Waals surface area (Å²) in [4.78, 5) is 10.7. The Morgan fingerprint density at radius 3 is 2.85 bits per heavy atom. The third-order valence-electron chi connectivity index (χ3n) is 3.39. The van der Waals surface area contributed by atoms with Gasteiger partial charge >= 0.3 is 5.69 Å². The predicted octanol–water partition coefficient (Wildman–Crippen LogP) is 1.24. The average molecular weight is 284 g/mol. The van der Waals surface area contributed by atoms with E-state index in [4.69, 9.17) is 4.74 Å². The minimum atomic E-state index is -0.978. The summed E-state index contributed by atoms with van der Waals surface area (Å²) in [5, 5.41) is 28.6. The highest BCUT2D eigenvalue weighted by Gasteiger charge is 2.34. The second kappa shape index (κ2) is 5.37. The highest BCUT2D eigenvalue weighted by atomic mass is 16.6. The number of hydrogen-bond donors (Lipinski definition) is 2. The fourth-order valence-electron chi connectivity index (χ4n) is 2.28. The number of aliphatic hydroxyl groups is 1. The molecule has 1 fully saturated rings. The van der Waals surface area contributed by atoms with Gasteiger partial charge in [0.1, 0.15) is 11.3 Å². The first-order valence-corrected chi connectivity index (χ1v) is 6.61. The predicted molar refractivity (Wildman–Crippen MR) is 72.9 cm³/mol. The normalized spacial score (nSPS) is 22.4. The lowest BCUT2D eigenvalue weighted by atomic mass is 10.0. The van der Waals surface area contributed by atoms with E-state index in [1.165, 1.54) is 0 Å². The molecule has 1 aromatic rings. The van der Waals surface area contributed by atoms with Gasteiger partial charge in [0.25, 0.3) is 0 Å². The maximum Gasteiger partial charge on any atom is 0.333 e. The zero-order valence-corrected chi connectivity index (χ0v) is 11.9. The van der Waals surface area contributed by atoms with Crippen molar-refractivity contribution in [2.24, 2.45) is 0 Å². The van der Waals surface area contributed by atoms with Gasteiger partial charge in [-0.05, 0) is 20.8 Å². The Morgan fingerprint density at radius 1 is 1.65 bits per heavy atom. The van der Waals surface area contributed by atoms with Gasteiger partial charge in [-0.3, -0.25) is 10.1 Å². The Kier molecular flexibility index (Phi) is 3.96. The Labute approximate surface area is 116 Å². The lowest BCUT2D eigenvalue weighted by Gasteiger charge is -2.21. The first-order chi connectivity index (χ1) is 9.34. The molecule has 2 rings (SSSR count). The van der Waals surface area contributed by atoms with Gasteiger partial charge < -0.3 is 15.2 Å². The second-order valence-electron chi connectivity index (χ2n) is 5.46. The maximum absolute atomic E-state index is 11.2. The smallest absolute Gasteiger partial charge is 0.333 e. The van der Waals surface area contributed by atoms with Gasteiger partial charge in [-0.15, -0.1) is 0 Å². The zero-order chi connectivity index (χ0) is 14.9. The molecule has 0 spiro atoms. The van der Waals surface area contributed by atoms with Crippen LogP contribution in [0.2, 0.25) is 0 Å². The number of rotatable bonds is 5. The van der Waals surface area contributed by atoms with Crippen LogP contribution in [0.5, 0.6) is 0 Å². The molecular weight excluding hydrogens is 264 g/mol. The highest BCUT2D eigenvalue weighted by molar-refractivity contribution is 5.60. The van der Waals surface area contributed by atoms with Gasteiger partial charge in [-0.25, -0.2) is 4.68 Å². The molecule has 20 heavy (non-hydrogen) atoms. The SMILES string of the molecule is Cc1nn(C(C)C)c(NCC2(O)CCOC2)c1[N+](=O)[O-].